The second-order valence-electron chi connectivity index (χ2n) is 5.19. The Morgan fingerprint density at radius 1 is 1.30 bits per heavy atom. The van der Waals surface area contributed by atoms with Gasteiger partial charge in [-0.05, 0) is 32.8 Å². The van der Waals surface area contributed by atoms with Crippen LogP contribution in [-0.4, -0.2) is 28.3 Å². The van der Waals surface area contributed by atoms with Crippen LogP contribution in [0, 0.1) is 13.8 Å². The molecule has 0 radical (unpaired) electrons. The van der Waals surface area contributed by atoms with Crippen LogP contribution in [0.3, 0.4) is 0 Å². The van der Waals surface area contributed by atoms with Crippen LogP contribution in [0.25, 0.3) is 0 Å². The number of rotatable bonds is 6. The zero-order valence-corrected chi connectivity index (χ0v) is 12.3. The van der Waals surface area contributed by atoms with Crippen molar-refractivity contribution in [2.45, 2.75) is 45.1 Å². The lowest BCUT2D eigenvalue weighted by Gasteiger charge is -2.11. The van der Waals surface area contributed by atoms with Crippen molar-refractivity contribution in [1.82, 2.24) is 5.32 Å². The number of thiophene rings is 1. The molecule has 1 aliphatic rings. The van der Waals surface area contributed by atoms with Gasteiger partial charge >= 0.3 is 5.97 Å². The number of carbonyl (C=O) groups is 3. The van der Waals surface area contributed by atoms with Crippen molar-refractivity contribution in [2.24, 2.45) is 0 Å². The van der Waals surface area contributed by atoms with Crippen molar-refractivity contribution in [1.29, 1.82) is 0 Å². The maximum Gasteiger partial charge on any atom is 0.329 e. The van der Waals surface area contributed by atoms with Gasteiger partial charge in [0, 0.05) is 28.2 Å². The van der Waals surface area contributed by atoms with E-state index in [-0.39, 0.29) is 24.5 Å². The summed E-state index contributed by atoms with van der Waals surface area (Å²) in [7, 11) is 0. The molecule has 1 amide bonds. The standard InChI is InChI=1S/C14H17NO4S/c1-8-7-10(9(2)20-8)11(16)3-4-12(17)15-14(5-6-14)13(18)19/h7H,3-6H2,1-2H3,(H,15,17)(H,18,19). The summed E-state index contributed by atoms with van der Waals surface area (Å²) in [6, 6.07) is 1.83. The Bertz CT molecular complexity index is 572. The molecule has 0 aromatic carbocycles. The minimum atomic E-state index is -1.07. The molecule has 0 unspecified atom stereocenters. The lowest BCUT2D eigenvalue weighted by molar-refractivity contribution is -0.143. The first-order chi connectivity index (χ1) is 9.34. The Balaban J connectivity index is 1.86. The second kappa shape index (κ2) is 5.36. The number of aryl methyl sites for hydroxylation is 2. The predicted octanol–water partition coefficient (Wildman–Crippen LogP) is 2.06. The fraction of sp³-hybridized carbons (Fsp3) is 0.500. The molecule has 20 heavy (non-hydrogen) atoms. The molecule has 108 valence electrons. The van der Waals surface area contributed by atoms with Crippen LogP contribution in [0.5, 0.6) is 0 Å². The monoisotopic (exact) mass is 295 g/mol. The molecule has 1 aromatic heterocycles. The number of carbonyl (C=O) groups excluding carboxylic acids is 2. The number of hydrogen-bond donors (Lipinski definition) is 2. The molecule has 2 N–H and O–H groups in total. The summed E-state index contributed by atoms with van der Waals surface area (Å²) >= 11 is 1.56. The van der Waals surface area contributed by atoms with Crippen LogP contribution in [0.1, 0.15) is 45.8 Å². The van der Waals surface area contributed by atoms with Crippen molar-refractivity contribution < 1.29 is 19.5 Å². The Kier molecular flexibility index (Phi) is 3.94. The van der Waals surface area contributed by atoms with E-state index in [0.717, 1.165) is 9.75 Å². The molecule has 0 aliphatic heterocycles. The highest BCUT2D eigenvalue weighted by atomic mass is 32.1. The van der Waals surface area contributed by atoms with Crippen LogP contribution < -0.4 is 5.32 Å². The lowest BCUT2D eigenvalue weighted by Crippen LogP contribution is -2.43. The quantitative estimate of drug-likeness (QED) is 0.787. The second-order valence-corrected chi connectivity index (χ2v) is 6.65. The Morgan fingerprint density at radius 2 is 1.95 bits per heavy atom. The zero-order valence-electron chi connectivity index (χ0n) is 11.5. The number of Topliss-reactive ketones (excluding diaryl/α,β-unsaturated/α-hetero) is 1. The summed E-state index contributed by atoms with van der Waals surface area (Å²) in [5.74, 6) is -1.44. The molecule has 1 heterocycles. The third-order valence-electron chi connectivity index (χ3n) is 3.46. The van der Waals surface area contributed by atoms with E-state index in [0.29, 0.717) is 18.4 Å². The SMILES string of the molecule is Cc1cc(C(=O)CCC(=O)NC2(C(=O)O)CC2)c(C)s1. The van der Waals surface area contributed by atoms with Gasteiger partial charge in [0.1, 0.15) is 5.54 Å². The van der Waals surface area contributed by atoms with Gasteiger partial charge in [0.2, 0.25) is 5.91 Å². The van der Waals surface area contributed by atoms with E-state index >= 15 is 0 Å². The van der Waals surface area contributed by atoms with Gasteiger partial charge in [-0.3, -0.25) is 9.59 Å². The smallest absolute Gasteiger partial charge is 0.329 e. The molecular formula is C14H17NO4S. The number of carboxylic acids is 1. The van der Waals surface area contributed by atoms with E-state index in [2.05, 4.69) is 5.32 Å². The molecule has 0 atom stereocenters. The van der Waals surface area contributed by atoms with Gasteiger partial charge in [-0.2, -0.15) is 0 Å². The molecule has 1 fully saturated rings. The number of aliphatic carboxylic acids is 1. The van der Waals surface area contributed by atoms with E-state index in [1.165, 1.54) is 0 Å². The highest BCUT2D eigenvalue weighted by Gasteiger charge is 2.51. The number of amides is 1. The fourth-order valence-corrected chi connectivity index (χ4v) is 3.06. The van der Waals surface area contributed by atoms with Crippen molar-refractivity contribution in [3.05, 3.63) is 21.4 Å². The average Bonchev–Trinajstić information content (AvgIpc) is 3.06. The molecule has 0 spiro atoms. The van der Waals surface area contributed by atoms with Gasteiger partial charge in [0.25, 0.3) is 0 Å². The highest BCUT2D eigenvalue weighted by Crippen LogP contribution is 2.35. The van der Waals surface area contributed by atoms with Crippen LogP contribution in [0.2, 0.25) is 0 Å². The van der Waals surface area contributed by atoms with Crippen molar-refractivity contribution >= 4 is 29.0 Å². The van der Waals surface area contributed by atoms with E-state index in [1.807, 2.05) is 19.9 Å². The van der Waals surface area contributed by atoms with Crippen LogP contribution in [0.4, 0.5) is 0 Å². The first-order valence-corrected chi connectivity index (χ1v) is 7.30. The van der Waals surface area contributed by atoms with E-state index in [4.69, 9.17) is 5.11 Å². The normalized spacial score (nSPS) is 15.7. The van der Waals surface area contributed by atoms with Gasteiger partial charge in [-0.25, -0.2) is 4.79 Å². The highest BCUT2D eigenvalue weighted by molar-refractivity contribution is 7.12. The maximum atomic E-state index is 12.0. The minimum Gasteiger partial charge on any atom is -0.480 e. The summed E-state index contributed by atoms with van der Waals surface area (Å²) in [4.78, 5) is 36.7. The molecule has 6 heteroatoms. The van der Waals surface area contributed by atoms with Gasteiger partial charge in [0.05, 0.1) is 0 Å². The van der Waals surface area contributed by atoms with Crippen LogP contribution >= 0.6 is 11.3 Å². The fourth-order valence-electron chi connectivity index (χ4n) is 2.12. The van der Waals surface area contributed by atoms with Gasteiger partial charge in [0.15, 0.2) is 5.78 Å². The lowest BCUT2D eigenvalue weighted by atomic mass is 10.1. The minimum absolute atomic E-state index is 0.0300. The first-order valence-electron chi connectivity index (χ1n) is 6.49. The number of nitrogens with one attached hydrogen (secondary N) is 1. The third kappa shape index (κ3) is 3.07. The average molecular weight is 295 g/mol. The summed E-state index contributed by atoms with van der Waals surface area (Å²) in [6.45, 7) is 3.82. The molecule has 2 rings (SSSR count). The van der Waals surface area contributed by atoms with Gasteiger partial charge in [-0.1, -0.05) is 0 Å². The Labute approximate surface area is 121 Å². The van der Waals surface area contributed by atoms with Crippen LogP contribution in [0.15, 0.2) is 6.07 Å². The molecule has 1 saturated carbocycles. The molecular weight excluding hydrogens is 278 g/mol. The predicted molar refractivity (Wildman–Crippen MR) is 75.1 cm³/mol. The van der Waals surface area contributed by atoms with Crippen molar-refractivity contribution in [2.75, 3.05) is 0 Å². The summed E-state index contributed by atoms with van der Waals surface area (Å²) in [5.41, 5.74) is -0.408. The summed E-state index contributed by atoms with van der Waals surface area (Å²) < 4.78 is 0. The van der Waals surface area contributed by atoms with Crippen LogP contribution in [-0.2, 0) is 9.59 Å². The topological polar surface area (TPSA) is 83.5 Å². The molecule has 0 saturated heterocycles. The largest absolute Gasteiger partial charge is 0.480 e. The third-order valence-corrected chi connectivity index (χ3v) is 4.42. The first kappa shape index (κ1) is 14.7. The number of hydrogen-bond acceptors (Lipinski definition) is 4. The maximum absolute atomic E-state index is 12.0. The summed E-state index contributed by atoms with van der Waals surface area (Å²) in [6.07, 6.45) is 1.07. The van der Waals surface area contributed by atoms with E-state index in [9.17, 15) is 14.4 Å². The van der Waals surface area contributed by atoms with E-state index in [1.54, 1.807) is 11.3 Å². The molecule has 1 aliphatic carbocycles. The van der Waals surface area contributed by atoms with Crippen molar-refractivity contribution in [3.8, 4) is 0 Å². The Morgan fingerprint density at radius 3 is 2.40 bits per heavy atom. The van der Waals surface area contributed by atoms with Gasteiger partial charge < -0.3 is 10.4 Å². The molecule has 0 bridgehead atoms. The molecule has 5 nitrogen and oxygen atoms in total. The Hall–Kier alpha value is -1.69. The van der Waals surface area contributed by atoms with Gasteiger partial charge in [-0.15, -0.1) is 11.3 Å². The summed E-state index contributed by atoms with van der Waals surface area (Å²) in [5, 5.41) is 11.5. The molecule has 1 aromatic rings. The number of ketones is 1. The van der Waals surface area contributed by atoms with E-state index < -0.39 is 11.5 Å². The zero-order chi connectivity index (χ0) is 14.9. The van der Waals surface area contributed by atoms with Crippen molar-refractivity contribution in [3.63, 3.8) is 0 Å². The number of carboxylic acid groups (broad SMARTS) is 1.